The lowest BCUT2D eigenvalue weighted by Crippen LogP contribution is -2.31. The molecule has 112 valence electrons. The molecule has 0 spiro atoms. The SMILES string of the molecule is O=C(O)[C@H]1CN(C(=O)CC[C@H]2CCCO2)c2ccccc21. The second-order valence-corrected chi connectivity index (χ2v) is 5.63. The maximum Gasteiger partial charge on any atom is 0.312 e. The Balaban J connectivity index is 1.70. The molecule has 2 atom stereocenters. The van der Waals surface area contributed by atoms with Crippen LogP contribution < -0.4 is 4.90 Å². The normalized spacial score (nSPS) is 24.1. The van der Waals surface area contributed by atoms with Crippen molar-refractivity contribution in [2.45, 2.75) is 37.7 Å². The second kappa shape index (κ2) is 5.85. The van der Waals surface area contributed by atoms with E-state index in [-0.39, 0.29) is 18.6 Å². The van der Waals surface area contributed by atoms with Gasteiger partial charge in [0.1, 0.15) is 5.92 Å². The maximum absolute atomic E-state index is 12.4. The van der Waals surface area contributed by atoms with Crippen molar-refractivity contribution in [1.82, 2.24) is 0 Å². The number of fused-ring (bicyclic) bond motifs is 1. The van der Waals surface area contributed by atoms with E-state index < -0.39 is 11.9 Å². The average molecular weight is 289 g/mol. The Morgan fingerprint density at radius 2 is 2.14 bits per heavy atom. The minimum atomic E-state index is -0.878. The van der Waals surface area contributed by atoms with Crippen LogP contribution in [0.4, 0.5) is 5.69 Å². The highest BCUT2D eigenvalue weighted by molar-refractivity contribution is 5.98. The summed E-state index contributed by atoms with van der Waals surface area (Å²) in [6.45, 7) is 1.02. The molecule has 0 aliphatic carbocycles. The van der Waals surface area contributed by atoms with E-state index in [4.69, 9.17) is 4.74 Å². The molecule has 0 bridgehead atoms. The lowest BCUT2D eigenvalue weighted by Gasteiger charge is -2.18. The van der Waals surface area contributed by atoms with Gasteiger partial charge in [0.15, 0.2) is 0 Å². The van der Waals surface area contributed by atoms with E-state index in [1.807, 2.05) is 18.2 Å². The van der Waals surface area contributed by atoms with Crippen LogP contribution in [0.2, 0.25) is 0 Å². The summed E-state index contributed by atoms with van der Waals surface area (Å²) in [6.07, 6.45) is 3.39. The molecule has 1 aromatic carbocycles. The fraction of sp³-hybridized carbons (Fsp3) is 0.500. The molecule has 3 rings (SSSR count). The summed E-state index contributed by atoms with van der Waals surface area (Å²) in [5.41, 5.74) is 1.47. The van der Waals surface area contributed by atoms with Gasteiger partial charge in [0.25, 0.3) is 0 Å². The molecule has 2 heterocycles. The first kappa shape index (κ1) is 14.1. The van der Waals surface area contributed by atoms with Crippen molar-refractivity contribution in [3.63, 3.8) is 0 Å². The molecule has 1 N–H and O–H groups in total. The van der Waals surface area contributed by atoms with Crippen molar-refractivity contribution >= 4 is 17.6 Å². The molecular formula is C16H19NO4. The topological polar surface area (TPSA) is 66.8 Å². The molecule has 5 nitrogen and oxygen atoms in total. The van der Waals surface area contributed by atoms with Crippen LogP contribution in [0.5, 0.6) is 0 Å². The zero-order chi connectivity index (χ0) is 14.8. The number of para-hydroxylation sites is 1. The number of anilines is 1. The van der Waals surface area contributed by atoms with Gasteiger partial charge in [-0.05, 0) is 30.9 Å². The first-order valence-corrected chi connectivity index (χ1v) is 7.40. The van der Waals surface area contributed by atoms with Crippen LogP contribution in [-0.2, 0) is 14.3 Å². The summed E-state index contributed by atoms with van der Waals surface area (Å²) < 4.78 is 5.53. The summed E-state index contributed by atoms with van der Waals surface area (Å²) in [5.74, 6) is -1.51. The Labute approximate surface area is 123 Å². The summed E-state index contributed by atoms with van der Waals surface area (Å²) in [4.78, 5) is 25.4. The number of carbonyl (C=O) groups is 2. The lowest BCUT2D eigenvalue weighted by atomic mass is 10.0. The Morgan fingerprint density at radius 1 is 1.33 bits per heavy atom. The highest BCUT2D eigenvalue weighted by Gasteiger charge is 2.36. The molecule has 2 aliphatic rings. The largest absolute Gasteiger partial charge is 0.481 e. The standard InChI is InChI=1S/C16H19NO4/c18-15(8-7-11-4-3-9-21-11)17-10-13(16(19)20)12-5-1-2-6-14(12)17/h1-2,5-6,11,13H,3-4,7-10H2,(H,19,20)/t11-,13+/m1/s1. The van der Waals surface area contributed by atoms with Gasteiger partial charge in [0.05, 0.1) is 6.10 Å². The van der Waals surface area contributed by atoms with Gasteiger partial charge in [-0.1, -0.05) is 18.2 Å². The number of benzene rings is 1. The Kier molecular flexibility index (Phi) is 3.92. The Morgan fingerprint density at radius 3 is 2.86 bits per heavy atom. The van der Waals surface area contributed by atoms with Crippen molar-refractivity contribution in [3.8, 4) is 0 Å². The highest BCUT2D eigenvalue weighted by atomic mass is 16.5. The molecule has 1 amide bonds. The number of rotatable bonds is 4. The maximum atomic E-state index is 12.4. The van der Waals surface area contributed by atoms with Gasteiger partial charge in [0, 0.05) is 25.3 Å². The molecule has 5 heteroatoms. The van der Waals surface area contributed by atoms with Crippen molar-refractivity contribution in [2.75, 3.05) is 18.1 Å². The first-order chi connectivity index (χ1) is 10.2. The second-order valence-electron chi connectivity index (χ2n) is 5.63. The molecule has 0 radical (unpaired) electrons. The van der Waals surface area contributed by atoms with E-state index in [0.29, 0.717) is 6.42 Å². The molecule has 1 aromatic rings. The third-order valence-electron chi connectivity index (χ3n) is 4.27. The predicted octanol–water partition coefficient (Wildman–Crippen LogP) is 2.16. The fourth-order valence-corrected chi connectivity index (χ4v) is 3.15. The van der Waals surface area contributed by atoms with Gasteiger partial charge in [-0.25, -0.2) is 0 Å². The van der Waals surface area contributed by atoms with E-state index in [0.717, 1.165) is 37.1 Å². The Hall–Kier alpha value is -1.88. The summed E-state index contributed by atoms with van der Waals surface area (Å²) in [7, 11) is 0. The smallest absolute Gasteiger partial charge is 0.312 e. The van der Waals surface area contributed by atoms with Crippen LogP contribution >= 0.6 is 0 Å². The zero-order valence-electron chi connectivity index (χ0n) is 11.8. The molecule has 0 unspecified atom stereocenters. The number of ether oxygens (including phenoxy) is 1. The van der Waals surface area contributed by atoms with Gasteiger partial charge < -0.3 is 14.7 Å². The number of hydrogen-bond donors (Lipinski definition) is 1. The van der Waals surface area contributed by atoms with Crippen LogP contribution in [0.1, 0.15) is 37.2 Å². The molecule has 0 aromatic heterocycles. The molecule has 21 heavy (non-hydrogen) atoms. The monoisotopic (exact) mass is 289 g/mol. The molecule has 2 aliphatic heterocycles. The van der Waals surface area contributed by atoms with Crippen LogP contribution in [0, 0.1) is 0 Å². The van der Waals surface area contributed by atoms with Crippen LogP contribution in [-0.4, -0.2) is 36.2 Å². The summed E-state index contributed by atoms with van der Waals surface area (Å²) >= 11 is 0. The predicted molar refractivity (Wildman–Crippen MR) is 77.4 cm³/mol. The lowest BCUT2D eigenvalue weighted by molar-refractivity contribution is -0.138. The van der Waals surface area contributed by atoms with E-state index >= 15 is 0 Å². The summed E-state index contributed by atoms with van der Waals surface area (Å²) in [5, 5.41) is 9.30. The van der Waals surface area contributed by atoms with Gasteiger partial charge >= 0.3 is 5.97 Å². The summed E-state index contributed by atoms with van der Waals surface area (Å²) in [6, 6.07) is 7.27. The van der Waals surface area contributed by atoms with E-state index in [9.17, 15) is 14.7 Å². The van der Waals surface area contributed by atoms with E-state index in [1.54, 1.807) is 11.0 Å². The highest BCUT2D eigenvalue weighted by Crippen LogP contribution is 2.36. The molecule has 1 saturated heterocycles. The number of carbonyl (C=O) groups excluding carboxylic acids is 1. The van der Waals surface area contributed by atoms with E-state index in [1.165, 1.54) is 0 Å². The minimum absolute atomic E-state index is 0.0123. The van der Waals surface area contributed by atoms with Crippen LogP contribution in [0.3, 0.4) is 0 Å². The number of carboxylic acids is 1. The number of carboxylic acid groups (broad SMARTS) is 1. The average Bonchev–Trinajstić information content (AvgIpc) is 3.12. The number of aliphatic carboxylic acids is 1. The van der Waals surface area contributed by atoms with Gasteiger partial charge in [0.2, 0.25) is 5.91 Å². The van der Waals surface area contributed by atoms with Gasteiger partial charge in [-0.15, -0.1) is 0 Å². The van der Waals surface area contributed by atoms with Crippen molar-refractivity contribution in [1.29, 1.82) is 0 Å². The van der Waals surface area contributed by atoms with Gasteiger partial charge in [-0.2, -0.15) is 0 Å². The number of amides is 1. The third-order valence-corrected chi connectivity index (χ3v) is 4.27. The van der Waals surface area contributed by atoms with Crippen LogP contribution in [0.15, 0.2) is 24.3 Å². The molecule has 1 fully saturated rings. The number of nitrogens with zero attached hydrogens (tertiary/aromatic N) is 1. The van der Waals surface area contributed by atoms with Crippen molar-refractivity contribution < 1.29 is 19.4 Å². The van der Waals surface area contributed by atoms with Crippen molar-refractivity contribution in [2.24, 2.45) is 0 Å². The number of hydrogen-bond acceptors (Lipinski definition) is 3. The Bertz CT molecular complexity index is 551. The first-order valence-electron chi connectivity index (χ1n) is 7.40. The quantitative estimate of drug-likeness (QED) is 0.922. The third kappa shape index (κ3) is 2.78. The van der Waals surface area contributed by atoms with Crippen LogP contribution in [0.25, 0.3) is 0 Å². The van der Waals surface area contributed by atoms with Gasteiger partial charge in [-0.3, -0.25) is 9.59 Å². The molecular weight excluding hydrogens is 270 g/mol. The zero-order valence-corrected chi connectivity index (χ0v) is 11.8. The van der Waals surface area contributed by atoms with E-state index in [2.05, 4.69) is 0 Å². The fourth-order valence-electron chi connectivity index (χ4n) is 3.15. The molecule has 0 saturated carbocycles. The minimum Gasteiger partial charge on any atom is -0.481 e. The van der Waals surface area contributed by atoms with Crippen molar-refractivity contribution in [3.05, 3.63) is 29.8 Å².